The van der Waals surface area contributed by atoms with E-state index in [4.69, 9.17) is 9.57 Å². The van der Waals surface area contributed by atoms with Crippen LogP contribution in [0.2, 0.25) is 0 Å². The van der Waals surface area contributed by atoms with Gasteiger partial charge in [-0.1, -0.05) is 5.16 Å². The molecule has 2 aliphatic heterocycles. The van der Waals surface area contributed by atoms with E-state index < -0.39 is 28.8 Å². The number of aromatic nitrogens is 1. The summed E-state index contributed by atoms with van der Waals surface area (Å²) >= 11 is 0. The monoisotopic (exact) mass is 515 g/mol. The molecule has 5 rings (SSSR count). The van der Waals surface area contributed by atoms with Crippen molar-refractivity contribution in [1.82, 2.24) is 15.2 Å². The summed E-state index contributed by atoms with van der Waals surface area (Å²) < 4.78 is 23.1. The van der Waals surface area contributed by atoms with Crippen LogP contribution in [-0.4, -0.2) is 73.2 Å². The maximum absolute atomic E-state index is 15.7. The van der Waals surface area contributed by atoms with Crippen LogP contribution in [0.15, 0.2) is 22.2 Å². The van der Waals surface area contributed by atoms with E-state index in [1.54, 1.807) is 9.47 Å². The molecule has 3 heterocycles. The number of piperidine rings is 1. The largest absolute Gasteiger partial charge is 0.492 e. The number of benzene rings is 1. The highest BCUT2D eigenvalue weighted by atomic mass is 19.1. The van der Waals surface area contributed by atoms with Crippen LogP contribution >= 0.6 is 0 Å². The standard InChI is InChI=1S/C25H30FN5O6/c1-36-23-20-14(22(32)15(25(34)35)11-31(20)13-5-6-13)10-16(26)21(23)30-9-7-17(29-37-2)19(12-30)28-24(33)18-4-3-8-27-18/h10-11,13,18-19,27H,3-9,12H2,1-2H3,(H,28,33)(H,34,35)/b29-17+/t18-,19?/m0/s1. The molecule has 3 N–H and O–H groups in total. The number of carbonyl (C=O) groups is 2. The van der Waals surface area contributed by atoms with Crippen molar-refractivity contribution >= 4 is 34.2 Å². The molecule has 12 heteroatoms. The second kappa shape index (κ2) is 10.0. The summed E-state index contributed by atoms with van der Waals surface area (Å²) in [6.07, 6.45) is 5.02. The molecule has 1 aliphatic carbocycles. The van der Waals surface area contributed by atoms with E-state index in [9.17, 15) is 19.5 Å². The predicted molar refractivity (Wildman–Crippen MR) is 134 cm³/mol. The molecule has 11 nitrogen and oxygen atoms in total. The predicted octanol–water partition coefficient (Wildman–Crippen LogP) is 1.63. The van der Waals surface area contributed by atoms with Gasteiger partial charge in [-0.15, -0.1) is 0 Å². The molecule has 1 saturated carbocycles. The Morgan fingerprint density at radius 2 is 2.05 bits per heavy atom. The third kappa shape index (κ3) is 4.61. The Morgan fingerprint density at radius 3 is 2.68 bits per heavy atom. The van der Waals surface area contributed by atoms with Gasteiger partial charge in [0.15, 0.2) is 11.6 Å². The van der Waals surface area contributed by atoms with Gasteiger partial charge in [-0.25, -0.2) is 9.18 Å². The molecule has 2 atom stereocenters. The highest BCUT2D eigenvalue weighted by Gasteiger charge is 2.35. The van der Waals surface area contributed by atoms with E-state index >= 15 is 4.39 Å². The highest BCUT2D eigenvalue weighted by molar-refractivity contribution is 5.99. The minimum atomic E-state index is -1.36. The number of nitrogens with one attached hydrogen (secondary N) is 2. The molecule has 3 fully saturated rings. The van der Waals surface area contributed by atoms with Crippen molar-refractivity contribution in [1.29, 1.82) is 0 Å². The number of halogens is 1. The Bertz CT molecular complexity index is 1330. The van der Waals surface area contributed by atoms with E-state index in [0.29, 0.717) is 24.2 Å². The summed E-state index contributed by atoms with van der Waals surface area (Å²) in [5.74, 6) is -2.06. The van der Waals surface area contributed by atoms with E-state index in [-0.39, 0.29) is 41.4 Å². The minimum Gasteiger partial charge on any atom is -0.492 e. The quantitative estimate of drug-likeness (QED) is 0.474. The van der Waals surface area contributed by atoms with Crippen molar-refractivity contribution in [2.75, 3.05) is 38.8 Å². The maximum Gasteiger partial charge on any atom is 0.341 e. The molecule has 198 valence electrons. The Balaban J connectivity index is 1.57. The Morgan fingerprint density at radius 1 is 1.27 bits per heavy atom. The average Bonchev–Trinajstić information content (AvgIpc) is 3.57. The Hall–Kier alpha value is -3.67. The van der Waals surface area contributed by atoms with E-state index in [1.165, 1.54) is 20.4 Å². The molecule has 1 amide bonds. The summed E-state index contributed by atoms with van der Waals surface area (Å²) in [5, 5.41) is 19.8. The second-order valence-corrected chi connectivity index (χ2v) is 9.62. The summed E-state index contributed by atoms with van der Waals surface area (Å²) in [4.78, 5) is 44.3. The van der Waals surface area contributed by atoms with Crippen LogP contribution in [0, 0.1) is 5.82 Å². The average molecular weight is 516 g/mol. The summed E-state index contributed by atoms with van der Waals surface area (Å²) in [6, 6.07) is 0.280. The van der Waals surface area contributed by atoms with Crippen LogP contribution in [-0.2, 0) is 9.63 Å². The van der Waals surface area contributed by atoms with Crippen LogP contribution < -0.4 is 25.7 Å². The number of anilines is 1. The molecule has 1 unspecified atom stereocenters. The number of pyridine rings is 1. The Kier molecular flexibility index (Phi) is 6.76. The number of amides is 1. The molecule has 1 aromatic carbocycles. The first-order valence-electron chi connectivity index (χ1n) is 12.4. The minimum absolute atomic E-state index is 0.00107. The van der Waals surface area contributed by atoms with Gasteiger partial charge in [0.1, 0.15) is 18.4 Å². The SMILES string of the molecule is CO/N=C1\CCN(c2c(F)cc3c(=O)c(C(=O)O)cn(C4CC4)c3c2OC)CC1NC(=O)[C@@H]1CCCN1. The van der Waals surface area contributed by atoms with Crippen molar-refractivity contribution in [2.45, 2.75) is 50.2 Å². The lowest BCUT2D eigenvalue weighted by Gasteiger charge is -2.36. The van der Waals surface area contributed by atoms with Crippen molar-refractivity contribution in [3.8, 4) is 5.75 Å². The number of rotatable bonds is 7. The number of nitrogens with zero attached hydrogens (tertiary/aromatic N) is 3. The molecule has 0 spiro atoms. The summed E-state index contributed by atoms with van der Waals surface area (Å²) in [7, 11) is 2.84. The first-order chi connectivity index (χ1) is 17.8. The number of hydrogen-bond acceptors (Lipinski definition) is 8. The van der Waals surface area contributed by atoms with Gasteiger partial charge in [0.25, 0.3) is 0 Å². The highest BCUT2D eigenvalue weighted by Crippen LogP contribution is 2.44. The zero-order valence-electron chi connectivity index (χ0n) is 20.8. The van der Waals surface area contributed by atoms with Crippen molar-refractivity contribution in [2.24, 2.45) is 5.16 Å². The first kappa shape index (κ1) is 25.0. The fraction of sp³-hybridized carbons (Fsp3) is 0.520. The number of carboxylic acid groups (broad SMARTS) is 1. The smallest absolute Gasteiger partial charge is 0.341 e. The molecule has 37 heavy (non-hydrogen) atoms. The number of methoxy groups -OCH3 is 1. The normalized spacial score (nSPS) is 22.9. The van der Waals surface area contributed by atoms with Crippen LogP contribution in [0.3, 0.4) is 0 Å². The van der Waals surface area contributed by atoms with Crippen LogP contribution in [0.25, 0.3) is 10.9 Å². The lowest BCUT2D eigenvalue weighted by Crippen LogP contribution is -2.56. The molecule has 3 aliphatic rings. The summed E-state index contributed by atoms with van der Waals surface area (Å²) in [5.41, 5.74) is -0.00265. The molecule has 2 aromatic rings. The van der Waals surface area contributed by atoms with Gasteiger partial charge < -0.3 is 34.8 Å². The number of ether oxygens (including phenoxy) is 1. The van der Waals surface area contributed by atoms with Crippen molar-refractivity contribution in [3.05, 3.63) is 33.9 Å². The van der Waals surface area contributed by atoms with Gasteiger partial charge in [-0.05, 0) is 38.3 Å². The van der Waals surface area contributed by atoms with Crippen LogP contribution in [0.5, 0.6) is 5.75 Å². The van der Waals surface area contributed by atoms with E-state index in [2.05, 4.69) is 15.8 Å². The van der Waals surface area contributed by atoms with Crippen molar-refractivity contribution < 1.29 is 28.7 Å². The fourth-order valence-electron chi connectivity index (χ4n) is 5.30. The van der Waals surface area contributed by atoms with Gasteiger partial charge in [0.2, 0.25) is 11.3 Å². The first-order valence-corrected chi connectivity index (χ1v) is 12.4. The third-order valence-corrected chi connectivity index (χ3v) is 7.23. The summed E-state index contributed by atoms with van der Waals surface area (Å²) in [6.45, 7) is 1.36. The van der Waals surface area contributed by atoms with Gasteiger partial charge in [0, 0.05) is 31.7 Å². The number of fused-ring (bicyclic) bond motifs is 1. The number of aromatic carboxylic acids is 1. The zero-order valence-corrected chi connectivity index (χ0v) is 20.8. The van der Waals surface area contributed by atoms with Crippen LogP contribution in [0.4, 0.5) is 10.1 Å². The number of oxime groups is 1. The number of hydrogen-bond donors (Lipinski definition) is 3. The molecule has 0 radical (unpaired) electrons. The van der Waals surface area contributed by atoms with Gasteiger partial charge in [0.05, 0.1) is 35.8 Å². The molecule has 2 saturated heterocycles. The molecule has 1 aromatic heterocycles. The van der Waals surface area contributed by atoms with Crippen LogP contribution in [0.1, 0.15) is 48.5 Å². The van der Waals surface area contributed by atoms with Gasteiger partial charge in [-0.2, -0.15) is 0 Å². The third-order valence-electron chi connectivity index (χ3n) is 7.23. The maximum atomic E-state index is 15.7. The zero-order chi connectivity index (χ0) is 26.3. The lowest BCUT2D eigenvalue weighted by molar-refractivity contribution is -0.123. The van der Waals surface area contributed by atoms with Gasteiger partial charge >= 0.3 is 5.97 Å². The number of carbonyl (C=O) groups excluding carboxylic acids is 1. The van der Waals surface area contributed by atoms with E-state index in [0.717, 1.165) is 38.3 Å². The van der Waals surface area contributed by atoms with Crippen molar-refractivity contribution in [3.63, 3.8) is 0 Å². The fourth-order valence-corrected chi connectivity index (χ4v) is 5.30. The lowest BCUT2D eigenvalue weighted by atomic mass is 10.0. The topological polar surface area (TPSA) is 134 Å². The molecule has 0 bridgehead atoms. The Labute approximate surface area is 212 Å². The van der Waals surface area contributed by atoms with Gasteiger partial charge in [-0.3, -0.25) is 9.59 Å². The second-order valence-electron chi connectivity index (χ2n) is 9.62. The number of carboxylic acids is 1. The van der Waals surface area contributed by atoms with E-state index in [1.807, 2.05) is 0 Å². The molecular formula is C25H30FN5O6. The molecular weight excluding hydrogens is 485 g/mol.